The van der Waals surface area contributed by atoms with Crippen LogP contribution < -0.4 is 5.32 Å². The van der Waals surface area contributed by atoms with Crippen LogP contribution in [0.4, 0.5) is 4.39 Å². The first kappa shape index (κ1) is 25.0. The second-order valence-electron chi connectivity index (χ2n) is 7.59. The maximum atomic E-state index is 13.4. The normalized spacial score (nSPS) is 11.6. The minimum atomic E-state index is -0.678. The number of carbonyl (C=O) groups excluding carboxylic acids is 2. The molecule has 0 bridgehead atoms. The van der Waals surface area contributed by atoms with Gasteiger partial charge in [-0.3, -0.25) is 9.59 Å². The van der Waals surface area contributed by atoms with Crippen molar-refractivity contribution < 1.29 is 14.0 Å². The molecule has 3 aromatic rings. The molecule has 33 heavy (non-hydrogen) atoms. The van der Waals surface area contributed by atoms with Gasteiger partial charge in [0.2, 0.25) is 11.8 Å². The molecule has 3 rings (SSSR count). The smallest absolute Gasteiger partial charge is 0.242 e. The Kier molecular flexibility index (Phi) is 9.51. The van der Waals surface area contributed by atoms with Gasteiger partial charge >= 0.3 is 0 Å². The quantitative estimate of drug-likeness (QED) is 0.393. The Balaban J connectivity index is 1.79. The highest BCUT2D eigenvalue weighted by Gasteiger charge is 2.29. The highest BCUT2D eigenvalue weighted by molar-refractivity contribution is 9.10. The van der Waals surface area contributed by atoms with E-state index in [1.165, 1.54) is 23.9 Å². The summed E-state index contributed by atoms with van der Waals surface area (Å²) in [6.45, 7) is 0.225. The van der Waals surface area contributed by atoms with Crippen LogP contribution in [0, 0.1) is 5.82 Å². The van der Waals surface area contributed by atoms with Gasteiger partial charge in [-0.15, -0.1) is 11.8 Å². The number of amides is 2. The Hall–Kier alpha value is -2.64. The number of rotatable bonds is 10. The third-order valence-electron chi connectivity index (χ3n) is 5.19. The number of hydrogen-bond donors (Lipinski definition) is 1. The molecule has 0 fully saturated rings. The summed E-state index contributed by atoms with van der Waals surface area (Å²) in [6.07, 6.45) is 0.394. The fourth-order valence-electron chi connectivity index (χ4n) is 3.43. The number of nitrogens with one attached hydrogen (secondary N) is 1. The van der Waals surface area contributed by atoms with Gasteiger partial charge in [0.05, 0.1) is 5.75 Å². The molecule has 0 saturated heterocycles. The zero-order chi connectivity index (χ0) is 23.6. The largest absolute Gasteiger partial charge is 0.357 e. The highest BCUT2D eigenvalue weighted by Crippen LogP contribution is 2.19. The molecule has 0 aromatic heterocycles. The summed E-state index contributed by atoms with van der Waals surface area (Å²) in [4.78, 5) is 27.8. The summed E-state index contributed by atoms with van der Waals surface area (Å²) in [5, 5.41) is 2.70. The van der Waals surface area contributed by atoms with Gasteiger partial charge in [-0.1, -0.05) is 70.5 Å². The van der Waals surface area contributed by atoms with Crippen molar-refractivity contribution in [3.63, 3.8) is 0 Å². The van der Waals surface area contributed by atoms with Gasteiger partial charge in [0, 0.05) is 30.2 Å². The summed E-state index contributed by atoms with van der Waals surface area (Å²) in [6, 6.07) is 23.0. The topological polar surface area (TPSA) is 49.4 Å². The lowest BCUT2D eigenvalue weighted by Gasteiger charge is -2.31. The van der Waals surface area contributed by atoms with Crippen molar-refractivity contribution in [2.24, 2.45) is 0 Å². The number of halogens is 2. The van der Waals surface area contributed by atoms with Gasteiger partial charge in [-0.2, -0.15) is 0 Å². The number of likely N-dealkylation sites (N-methyl/N-ethyl adjacent to an activating group) is 1. The Bertz CT molecular complexity index is 1050. The third kappa shape index (κ3) is 7.72. The van der Waals surface area contributed by atoms with E-state index in [1.807, 2.05) is 54.6 Å². The van der Waals surface area contributed by atoms with Gasteiger partial charge in [-0.25, -0.2) is 4.39 Å². The second kappa shape index (κ2) is 12.6. The van der Waals surface area contributed by atoms with Gasteiger partial charge < -0.3 is 10.2 Å². The van der Waals surface area contributed by atoms with Gasteiger partial charge in [0.25, 0.3) is 0 Å². The number of thioether (sulfide) groups is 1. The van der Waals surface area contributed by atoms with Crippen LogP contribution in [0.5, 0.6) is 0 Å². The molecule has 0 aliphatic heterocycles. The van der Waals surface area contributed by atoms with E-state index in [2.05, 4.69) is 21.2 Å². The van der Waals surface area contributed by atoms with E-state index in [0.29, 0.717) is 12.2 Å². The van der Waals surface area contributed by atoms with Crippen LogP contribution in [0.2, 0.25) is 0 Å². The van der Waals surface area contributed by atoms with E-state index >= 15 is 0 Å². The average molecular weight is 529 g/mol. The lowest BCUT2D eigenvalue weighted by molar-refractivity contribution is -0.139. The van der Waals surface area contributed by atoms with Crippen LogP contribution >= 0.6 is 27.7 Å². The Morgan fingerprint density at radius 1 is 0.939 bits per heavy atom. The molecule has 1 atom stereocenters. The van der Waals surface area contributed by atoms with Crippen molar-refractivity contribution in [3.05, 3.63) is 106 Å². The lowest BCUT2D eigenvalue weighted by Crippen LogP contribution is -2.50. The summed E-state index contributed by atoms with van der Waals surface area (Å²) in [7, 11) is 1.57. The van der Waals surface area contributed by atoms with Crippen molar-refractivity contribution in [3.8, 4) is 0 Å². The van der Waals surface area contributed by atoms with Crippen molar-refractivity contribution in [1.29, 1.82) is 0 Å². The predicted octanol–water partition coefficient (Wildman–Crippen LogP) is 5.21. The molecule has 0 unspecified atom stereocenters. The molecule has 7 heteroatoms. The number of benzene rings is 3. The summed E-state index contributed by atoms with van der Waals surface area (Å²) in [5.41, 5.74) is 2.85. The minimum absolute atomic E-state index is 0.133. The van der Waals surface area contributed by atoms with E-state index in [4.69, 9.17) is 0 Å². The highest BCUT2D eigenvalue weighted by atomic mass is 79.9. The maximum absolute atomic E-state index is 13.4. The molecule has 172 valence electrons. The molecule has 3 aromatic carbocycles. The second-order valence-corrected chi connectivity index (χ2v) is 9.49. The fourth-order valence-corrected chi connectivity index (χ4v) is 4.56. The molecule has 0 spiro atoms. The van der Waals surface area contributed by atoms with Crippen molar-refractivity contribution in [2.45, 2.75) is 24.8 Å². The van der Waals surface area contributed by atoms with Crippen LogP contribution in [0.25, 0.3) is 0 Å². The first-order valence-corrected chi connectivity index (χ1v) is 12.5. The van der Waals surface area contributed by atoms with Crippen molar-refractivity contribution >= 4 is 39.5 Å². The third-order valence-corrected chi connectivity index (χ3v) is 6.71. The molecule has 0 heterocycles. The average Bonchev–Trinajstić information content (AvgIpc) is 2.83. The molecular formula is C26H26BrFN2O2S. The van der Waals surface area contributed by atoms with E-state index in [-0.39, 0.29) is 29.9 Å². The predicted molar refractivity (Wildman–Crippen MR) is 135 cm³/mol. The zero-order valence-corrected chi connectivity index (χ0v) is 20.7. The van der Waals surface area contributed by atoms with Gasteiger partial charge in [0.1, 0.15) is 11.9 Å². The molecule has 1 N–H and O–H groups in total. The molecule has 0 saturated carbocycles. The number of hydrogen-bond acceptors (Lipinski definition) is 3. The van der Waals surface area contributed by atoms with E-state index in [0.717, 1.165) is 21.2 Å². The standard InChI is InChI=1S/C26H26BrFN2O2S/c1-29-26(32)24(15-19-5-3-2-4-6-19)30(16-20-9-13-23(28)14-10-20)25(31)18-33-17-21-7-11-22(27)12-8-21/h2-14,24H,15-18H2,1H3,(H,29,32)/t24-/m1/s1. The Morgan fingerprint density at radius 2 is 1.58 bits per heavy atom. The molecule has 0 aliphatic rings. The molecule has 4 nitrogen and oxygen atoms in total. The lowest BCUT2D eigenvalue weighted by atomic mass is 10.0. The summed E-state index contributed by atoms with van der Waals surface area (Å²) in [5.74, 6) is 0.221. The van der Waals surface area contributed by atoms with Gasteiger partial charge in [-0.05, 0) is 41.0 Å². The monoisotopic (exact) mass is 528 g/mol. The minimum Gasteiger partial charge on any atom is -0.357 e. The van der Waals surface area contributed by atoms with Crippen molar-refractivity contribution in [1.82, 2.24) is 10.2 Å². The zero-order valence-electron chi connectivity index (χ0n) is 18.3. The van der Waals surface area contributed by atoms with Crippen LogP contribution in [0.15, 0.2) is 83.3 Å². The molecule has 0 aliphatic carbocycles. The van der Waals surface area contributed by atoms with Gasteiger partial charge in [0.15, 0.2) is 0 Å². The van der Waals surface area contributed by atoms with Crippen LogP contribution in [0.1, 0.15) is 16.7 Å². The van der Waals surface area contributed by atoms with E-state index in [1.54, 1.807) is 24.1 Å². The van der Waals surface area contributed by atoms with Crippen LogP contribution in [-0.2, 0) is 28.3 Å². The SMILES string of the molecule is CNC(=O)[C@@H](Cc1ccccc1)N(Cc1ccc(F)cc1)C(=O)CSCc1ccc(Br)cc1. The fraction of sp³-hybridized carbons (Fsp3) is 0.231. The Morgan fingerprint density at radius 3 is 2.21 bits per heavy atom. The van der Waals surface area contributed by atoms with E-state index in [9.17, 15) is 14.0 Å². The van der Waals surface area contributed by atoms with E-state index < -0.39 is 6.04 Å². The first-order valence-electron chi connectivity index (χ1n) is 10.6. The number of carbonyl (C=O) groups is 2. The number of nitrogens with zero attached hydrogens (tertiary/aromatic N) is 1. The molecular weight excluding hydrogens is 503 g/mol. The van der Waals surface area contributed by atoms with Crippen LogP contribution in [-0.4, -0.2) is 35.6 Å². The summed E-state index contributed by atoms with van der Waals surface area (Å²) < 4.78 is 14.4. The first-order chi connectivity index (χ1) is 16.0. The van der Waals surface area contributed by atoms with Crippen LogP contribution in [0.3, 0.4) is 0 Å². The summed E-state index contributed by atoms with van der Waals surface area (Å²) >= 11 is 4.93. The Labute approximate surface area is 206 Å². The van der Waals surface area contributed by atoms with Crippen molar-refractivity contribution in [2.75, 3.05) is 12.8 Å². The maximum Gasteiger partial charge on any atom is 0.242 e. The molecule has 2 amide bonds. The molecule has 0 radical (unpaired) electrons.